The van der Waals surface area contributed by atoms with E-state index < -0.39 is 0 Å². The number of nitrogens with zero attached hydrogens (tertiary/aromatic N) is 5. The van der Waals surface area contributed by atoms with Gasteiger partial charge in [-0.1, -0.05) is 12.5 Å². The number of aryl methyl sites for hydroxylation is 1. The van der Waals surface area contributed by atoms with Crippen molar-refractivity contribution in [3.63, 3.8) is 0 Å². The molecular weight excluding hydrogens is 409 g/mol. The second-order valence-electron chi connectivity index (χ2n) is 8.79. The highest BCUT2D eigenvalue weighted by Gasteiger charge is 2.28. The SMILES string of the molecule is Cc1nc([C@H]2CCCCN2Cc2ccc(N3CCOCC3)c(F)c2)ncc1C(=O)N(C)C. The molecule has 3 heterocycles. The number of carbonyl (C=O) groups excluding carboxylic acids is 1. The van der Waals surface area contributed by atoms with Crippen molar-refractivity contribution in [3.8, 4) is 0 Å². The Morgan fingerprint density at radius 2 is 2.00 bits per heavy atom. The van der Waals surface area contributed by atoms with Crippen LogP contribution >= 0.6 is 0 Å². The fraction of sp³-hybridized carbons (Fsp3) is 0.542. The first kappa shape index (κ1) is 22.6. The number of morpholine rings is 1. The van der Waals surface area contributed by atoms with Crippen molar-refractivity contribution in [2.45, 2.75) is 38.8 Å². The lowest BCUT2D eigenvalue weighted by Gasteiger charge is -2.35. The highest BCUT2D eigenvalue weighted by atomic mass is 19.1. The third-order valence-electron chi connectivity index (χ3n) is 6.30. The summed E-state index contributed by atoms with van der Waals surface area (Å²) in [6.45, 7) is 6.11. The molecule has 7 nitrogen and oxygen atoms in total. The Morgan fingerprint density at radius 3 is 2.69 bits per heavy atom. The van der Waals surface area contributed by atoms with Crippen LogP contribution < -0.4 is 4.90 Å². The zero-order valence-corrected chi connectivity index (χ0v) is 19.2. The molecule has 1 aromatic carbocycles. The zero-order valence-electron chi connectivity index (χ0n) is 19.2. The van der Waals surface area contributed by atoms with Crippen molar-refractivity contribution in [2.24, 2.45) is 0 Å². The van der Waals surface area contributed by atoms with Crippen molar-refractivity contribution >= 4 is 11.6 Å². The number of rotatable bonds is 5. The van der Waals surface area contributed by atoms with Gasteiger partial charge in [0.15, 0.2) is 0 Å². The lowest BCUT2D eigenvalue weighted by atomic mass is 10.00. The predicted octanol–water partition coefficient (Wildman–Crippen LogP) is 3.19. The van der Waals surface area contributed by atoms with E-state index in [1.54, 1.807) is 26.4 Å². The molecule has 2 saturated heterocycles. The fourth-order valence-corrected chi connectivity index (χ4v) is 4.51. The number of carbonyl (C=O) groups is 1. The maximum atomic E-state index is 14.9. The zero-order chi connectivity index (χ0) is 22.7. The van der Waals surface area contributed by atoms with Crippen LogP contribution in [0, 0.1) is 12.7 Å². The summed E-state index contributed by atoms with van der Waals surface area (Å²) in [7, 11) is 3.45. The summed E-state index contributed by atoms with van der Waals surface area (Å²) in [5.41, 5.74) is 2.82. The van der Waals surface area contributed by atoms with Crippen LogP contribution in [0.15, 0.2) is 24.4 Å². The van der Waals surface area contributed by atoms with Crippen LogP contribution in [-0.4, -0.2) is 72.6 Å². The van der Waals surface area contributed by atoms with Crippen LogP contribution in [-0.2, 0) is 11.3 Å². The first-order valence-electron chi connectivity index (χ1n) is 11.3. The van der Waals surface area contributed by atoms with Gasteiger partial charge in [-0.15, -0.1) is 0 Å². The lowest BCUT2D eigenvalue weighted by Crippen LogP contribution is -2.37. The number of hydrogen-bond donors (Lipinski definition) is 0. The third-order valence-corrected chi connectivity index (χ3v) is 6.30. The van der Waals surface area contributed by atoms with Gasteiger partial charge in [0.05, 0.1) is 36.2 Å². The maximum absolute atomic E-state index is 14.9. The van der Waals surface area contributed by atoms with Crippen LogP contribution in [0.25, 0.3) is 0 Å². The summed E-state index contributed by atoms with van der Waals surface area (Å²) < 4.78 is 20.3. The Labute approximate surface area is 189 Å². The van der Waals surface area contributed by atoms with E-state index in [9.17, 15) is 9.18 Å². The number of piperidine rings is 1. The van der Waals surface area contributed by atoms with Crippen LogP contribution in [0.5, 0.6) is 0 Å². The minimum Gasteiger partial charge on any atom is -0.378 e. The molecular formula is C24H32FN5O2. The average Bonchev–Trinajstić information content (AvgIpc) is 2.79. The van der Waals surface area contributed by atoms with Crippen LogP contribution in [0.1, 0.15) is 52.7 Å². The molecule has 0 spiro atoms. The molecule has 0 radical (unpaired) electrons. The first-order valence-corrected chi connectivity index (χ1v) is 11.3. The van der Waals surface area contributed by atoms with E-state index in [4.69, 9.17) is 9.72 Å². The van der Waals surface area contributed by atoms with Gasteiger partial charge in [0.2, 0.25) is 0 Å². The molecule has 0 N–H and O–H groups in total. The van der Waals surface area contributed by atoms with Crippen molar-refractivity contribution < 1.29 is 13.9 Å². The monoisotopic (exact) mass is 441 g/mol. The predicted molar refractivity (Wildman–Crippen MR) is 121 cm³/mol. The fourth-order valence-electron chi connectivity index (χ4n) is 4.51. The van der Waals surface area contributed by atoms with Gasteiger partial charge >= 0.3 is 0 Å². The molecule has 172 valence electrons. The number of hydrogen-bond acceptors (Lipinski definition) is 6. The van der Waals surface area contributed by atoms with E-state index in [-0.39, 0.29) is 17.8 Å². The third kappa shape index (κ3) is 4.91. The van der Waals surface area contributed by atoms with Crippen molar-refractivity contribution in [1.82, 2.24) is 19.8 Å². The molecule has 1 atom stereocenters. The van der Waals surface area contributed by atoms with Gasteiger partial charge < -0.3 is 14.5 Å². The minimum atomic E-state index is -0.184. The van der Waals surface area contributed by atoms with E-state index >= 15 is 0 Å². The summed E-state index contributed by atoms with van der Waals surface area (Å²) in [4.78, 5) is 27.5. The van der Waals surface area contributed by atoms with E-state index in [0.717, 1.165) is 37.2 Å². The molecule has 2 aliphatic heterocycles. The molecule has 8 heteroatoms. The normalized spacial score (nSPS) is 19.8. The Bertz CT molecular complexity index is 961. The Hall–Kier alpha value is -2.58. The average molecular weight is 442 g/mol. The number of halogens is 1. The number of benzene rings is 1. The molecule has 0 unspecified atom stereocenters. The number of aromatic nitrogens is 2. The molecule has 4 rings (SSSR count). The summed E-state index contributed by atoms with van der Waals surface area (Å²) >= 11 is 0. The van der Waals surface area contributed by atoms with Crippen molar-refractivity contribution in [3.05, 3.63) is 52.9 Å². The van der Waals surface area contributed by atoms with Crippen LogP contribution in [0.2, 0.25) is 0 Å². The Balaban J connectivity index is 1.51. The molecule has 2 fully saturated rings. The van der Waals surface area contributed by atoms with Gasteiger partial charge in [0, 0.05) is 39.9 Å². The quantitative estimate of drug-likeness (QED) is 0.710. The molecule has 0 bridgehead atoms. The van der Waals surface area contributed by atoms with Gasteiger partial charge in [0.25, 0.3) is 5.91 Å². The van der Waals surface area contributed by atoms with Gasteiger partial charge in [-0.05, 0) is 44.0 Å². The maximum Gasteiger partial charge on any atom is 0.256 e. The summed E-state index contributed by atoms with van der Waals surface area (Å²) in [5, 5.41) is 0. The van der Waals surface area contributed by atoms with E-state index in [1.807, 2.05) is 24.0 Å². The second-order valence-corrected chi connectivity index (χ2v) is 8.79. The first-order chi connectivity index (χ1) is 15.4. The number of amides is 1. The van der Waals surface area contributed by atoms with Crippen molar-refractivity contribution in [1.29, 1.82) is 0 Å². The highest BCUT2D eigenvalue weighted by molar-refractivity contribution is 5.94. The molecule has 1 aromatic heterocycles. The van der Waals surface area contributed by atoms with Gasteiger partial charge in [0.1, 0.15) is 11.6 Å². The van der Waals surface area contributed by atoms with Gasteiger partial charge in [-0.2, -0.15) is 0 Å². The molecule has 0 aliphatic carbocycles. The van der Waals surface area contributed by atoms with Gasteiger partial charge in [-0.3, -0.25) is 9.69 Å². The van der Waals surface area contributed by atoms with Crippen LogP contribution in [0.3, 0.4) is 0 Å². The van der Waals surface area contributed by atoms with Gasteiger partial charge in [-0.25, -0.2) is 14.4 Å². The molecule has 2 aromatic rings. The second kappa shape index (κ2) is 9.92. The number of ether oxygens (including phenoxy) is 1. The molecule has 2 aliphatic rings. The summed E-state index contributed by atoms with van der Waals surface area (Å²) in [5.74, 6) is 0.463. The number of likely N-dealkylation sites (tertiary alicyclic amines) is 1. The summed E-state index contributed by atoms with van der Waals surface area (Å²) in [6, 6.07) is 5.62. The van der Waals surface area contributed by atoms with E-state index in [2.05, 4.69) is 9.88 Å². The van der Waals surface area contributed by atoms with E-state index in [0.29, 0.717) is 49.8 Å². The smallest absolute Gasteiger partial charge is 0.256 e. The molecule has 0 saturated carbocycles. The number of anilines is 1. The van der Waals surface area contributed by atoms with Crippen LogP contribution in [0.4, 0.5) is 10.1 Å². The van der Waals surface area contributed by atoms with E-state index in [1.165, 1.54) is 4.90 Å². The topological polar surface area (TPSA) is 61.8 Å². The lowest BCUT2D eigenvalue weighted by molar-refractivity contribution is 0.0825. The highest BCUT2D eigenvalue weighted by Crippen LogP contribution is 2.31. The summed E-state index contributed by atoms with van der Waals surface area (Å²) in [6.07, 6.45) is 4.80. The standard InChI is InChI=1S/C24H32FN5O2/c1-17-19(24(31)28(2)3)15-26-23(27-17)22-6-4-5-9-30(22)16-18-7-8-21(20(25)14-18)29-10-12-32-13-11-29/h7-8,14-15,22H,4-6,9-13,16H2,1-3H3/t22-/m1/s1. The molecule has 1 amide bonds. The van der Waals surface area contributed by atoms with Crippen molar-refractivity contribution in [2.75, 3.05) is 51.8 Å². The largest absolute Gasteiger partial charge is 0.378 e. The Morgan fingerprint density at radius 1 is 1.22 bits per heavy atom. The minimum absolute atomic E-state index is 0.0629. The molecule has 32 heavy (non-hydrogen) atoms. The Kier molecular flexibility index (Phi) is 7.01.